The SMILES string of the molecule is CS(=O)(=O)C(CO)C(O)c1ccc(Cl)cc1Cl. The van der Waals surface area contributed by atoms with E-state index >= 15 is 0 Å². The number of rotatable bonds is 4. The molecule has 0 amide bonds. The number of aliphatic hydroxyl groups excluding tert-OH is 2. The van der Waals surface area contributed by atoms with Crippen molar-refractivity contribution in [2.75, 3.05) is 12.9 Å². The van der Waals surface area contributed by atoms with Crippen molar-refractivity contribution in [3.8, 4) is 0 Å². The number of aliphatic hydroxyl groups is 2. The highest BCUT2D eigenvalue weighted by atomic mass is 35.5. The zero-order valence-corrected chi connectivity index (χ0v) is 11.3. The molecule has 17 heavy (non-hydrogen) atoms. The second-order valence-corrected chi connectivity index (χ2v) is 6.77. The van der Waals surface area contributed by atoms with Crippen LogP contribution < -0.4 is 0 Å². The normalized spacial score (nSPS) is 15.6. The van der Waals surface area contributed by atoms with Gasteiger partial charge < -0.3 is 10.2 Å². The van der Waals surface area contributed by atoms with Gasteiger partial charge in [0.15, 0.2) is 9.84 Å². The Morgan fingerprint density at radius 1 is 1.35 bits per heavy atom. The highest BCUT2D eigenvalue weighted by Gasteiger charge is 2.30. The monoisotopic (exact) mass is 298 g/mol. The fourth-order valence-corrected chi connectivity index (χ4v) is 2.82. The topological polar surface area (TPSA) is 74.6 Å². The van der Waals surface area contributed by atoms with E-state index in [4.69, 9.17) is 28.3 Å². The molecule has 0 heterocycles. The smallest absolute Gasteiger partial charge is 0.155 e. The Morgan fingerprint density at radius 3 is 2.35 bits per heavy atom. The number of halogens is 2. The molecule has 1 aromatic carbocycles. The second-order valence-electron chi connectivity index (χ2n) is 3.66. The summed E-state index contributed by atoms with van der Waals surface area (Å²) >= 11 is 11.5. The minimum absolute atomic E-state index is 0.159. The van der Waals surface area contributed by atoms with Gasteiger partial charge in [-0.05, 0) is 12.1 Å². The maximum Gasteiger partial charge on any atom is 0.155 e. The van der Waals surface area contributed by atoms with E-state index in [1.807, 2.05) is 0 Å². The van der Waals surface area contributed by atoms with E-state index in [2.05, 4.69) is 0 Å². The summed E-state index contributed by atoms with van der Waals surface area (Å²) in [7, 11) is -3.58. The van der Waals surface area contributed by atoms with Crippen LogP contribution in [0.15, 0.2) is 18.2 Å². The van der Waals surface area contributed by atoms with Crippen LogP contribution in [-0.4, -0.2) is 36.7 Å². The maximum atomic E-state index is 11.4. The van der Waals surface area contributed by atoms with Crippen LogP contribution in [0.2, 0.25) is 10.0 Å². The summed E-state index contributed by atoms with van der Waals surface area (Å²) in [6.07, 6.45) is -0.444. The second kappa shape index (κ2) is 5.54. The lowest BCUT2D eigenvalue weighted by Gasteiger charge is -2.20. The average Bonchev–Trinajstić information content (AvgIpc) is 2.15. The third-order valence-electron chi connectivity index (χ3n) is 2.36. The predicted molar refractivity (Wildman–Crippen MR) is 67.1 cm³/mol. The molecule has 0 aliphatic heterocycles. The number of hydrogen-bond donors (Lipinski definition) is 2. The van der Waals surface area contributed by atoms with Gasteiger partial charge in [0.2, 0.25) is 0 Å². The van der Waals surface area contributed by atoms with E-state index < -0.39 is 27.8 Å². The maximum absolute atomic E-state index is 11.4. The van der Waals surface area contributed by atoms with Crippen LogP contribution in [0.5, 0.6) is 0 Å². The largest absolute Gasteiger partial charge is 0.395 e. The molecule has 0 radical (unpaired) electrons. The third kappa shape index (κ3) is 3.56. The summed E-state index contributed by atoms with van der Waals surface area (Å²) in [5.41, 5.74) is 0.223. The van der Waals surface area contributed by atoms with Crippen LogP contribution in [0.25, 0.3) is 0 Å². The highest BCUT2D eigenvalue weighted by Crippen LogP contribution is 2.30. The van der Waals surface area contributed by atoms with Gasteiger partial charge in [0.25, 0.3) is 0 Å². The first-order valence-electron chi connectivity index (χ1n) is 4.70. The quantitative estimate of drug-likeness (QED) is 0.882. The number of benzene rings is 1. The van der Waals surface area contributed by atoms with Crippen LogP contribution >= 0.6 is 23.2 Å². The van der Waals surface area contributed by atoms with Crippen molar-refractivity contribution in [1.29, 1.82) is 0 Å². The molecule has 0 spiro atoms. The molecule has 0 aromatic heterocycles. The molecule has 2 unspecified atom stereocenters. The van der Waals surface area contributed by atoms with E-state index in [1.54, 1.807) is 0 Å². The van der Waals surface area contributed by atoms with Crippen molar-refractivity contribution in [3.63, 3.8) is 0 Å². The molecule has 1 rings (SSSR count). The Bertz CT molecular complexity index is 501. The Kier molecular flexibility index (Phi) is 4.80. The fraction of sp³-hybridized carbons (Fsp3) is 0.400. The Hall–Kier alpha value is -0.330. The molecule has 96 valence electrons. The summed E-state index contributed by atoms with van der Waals surface area (Å²) in [5, 5.41) is 18.2. The molecule has 0 aliphatic rings. The zero-order chi connectivity index (χ0) is 13.2. The molecular weight excluding hydrogens is 287 g/mol. The molecule has 0 fully saturated rings. The molecular formula is C10H12Cl2O4S. The summed E-state index contributed by atoms with van der Waals surface area (Å²) in [5.74, 6) is 0. The molecule has 0 aliphatic carbocycles. The first-order chi connectivity index (χ1) is 7.77. The average molecular weight is 299 g/mol. The van der Waals surface area contributed by atoms with Crippen LogP contribution in [-0.2, 0) is 9.84 Å². The van der Waals surface area contributed by atoms with Gasteiger partial charge in [-0.15, -0.1) is 0 Å². The van der Waals surface area contributed by atoms with Crippen molar-refractivity contribution >= 4 is 33.0 Å². The lowest BCUT2D eigenvalue weighted by Crippen LogP contribution is -2.31. The van der Waals surface area contributed by atoms with Crippen LogP contribution in [0.3, 0.4) is 0 Å². The minimum Gasteiger partial charge on any atom is -0.395 e. The van der Waals surface area contributed by atoms with Gasteiger partial charge in [0, 0.05) is 21.9 Å². The van der Waals surface area contributed by atoms with Gasteiger partial charge in [-0.25, -0.2) is 8.42 Å². The molecule has 7 heteroatoms. The third-order valence-corrected chi connectivity index (χ3v) is 4.43. The van der Waals surface area contributed by atoms with Gasteiger partial charge in [0.05, 0.1) is 12.7 Å². The summed E-state index contributed by atoms with van der Waals surface area (Å²) < 4.78 is 22.7. The van der Waals surface area contributed by atoms with Crippen LogP contribution in [0.4, 0.5) is 0 Å². The molecule has 0 bridgehead atoms. The van der Waals surface area contributed by atoms with Crippen molar-refractivity contribution in [1.82, 2.24) is 0 Å². The Morgan fingerprint density at radius 2 is 1.94 bits per heavy atom. The molecule has 4 nitrogen and oxygen atoms in total. The molecule has 0 saturated carbocycles. The van der Waals surface area contributed by atoms with E-state index in [-0.39, 0.29) is 10.6 Å². The predicted octanol–water partition coefficient (Wildman–Crippen LogP) is 1.43. The summed E-state index contributed by atoms with van der Waals surface area (Å²) in [6, 6.07) is 4.32. The minimum atomic E-state index is -3.58. The first kappa shape index (κ1) is 14.7. The van der Waals surface area contributed by atoms with Gasteiger partial charge in [-0.1, -0.05) is 29.3 Å². The fourth-order valence-electron chi connectivity index (χ4n) is 1.41. The van der Waals surface area contributed by atoms with Crippen molar-refractivity contribution in [2.24, 2.45) is 0 Å². The van der Waals surface area contributed by atoms with Crippen molar-refractivity contribution in [2.45, 2.75) is 11.4 Å². The first-order valence-corrected chi connectivity index (χ1v) is 7.41. The number of sulfone groups is 1. The van der Waals surface area contributed by atoms with E-state index in [9.17, 15) is 13.5 Å². The lowest BCUT2D eigenvalue weighted by molar-refractivity contribution is 0.138. The van der Waals surface area contributed by atoms with E-state index in [0.29, 0.717) is 5.02 Å². The summed E-state index contributed by atoms with van der Waals surface area (Å²) in [4.78, 5) is 0. The standard InChI is InChI=1S/C10H12Cl2O4S/c1-17(15,16)9(5-13)10(14)7-3-2-6(11)4-8(7)12/h2-4,9-10,13-14H,5H2,1H3. The van der Waals surface area contributed by atoms with Gasteiger partial charge >= 0.3 is 0 Å². The highest BCUT2D eigenvalue weighted by molar-refractivity contribution is 7.91. The van der Waals surface area contributed by atoms with Crippen LogP contribution in [0.1, 0.15) is 11.7 Å². The number of hydrogen-bond acceptors (Lipinski definition) is 4. The van der Waals surface area contributed by atoms with Crippen molar-refractivity contribution in [3.05, 3.63) is 33.8 Å². The zero-order valence-electron chi connectivity index (χ0n) is 8.97. The Balaban J connectivity index is 3.15. The lowest BCUT2D eigenvalue weighted by atomic mass is 10.1. The van der Waals surface area contributed by atoms with Crippen LogP contribution in [0, 0.1) is 0 Å². The molecule has 1 aromatic rings. The van der Waals surface area contributed by atoms with Gasteiger partial charge in [0.1, 0.15) is 5.25 Å². The summed E-state index contributed by atoms with van der Waals surface area (Å²) in [6.45, 7) is -0.682. The Labute approximate surface area is 110 Å². The van der Waals surface area contributed by atoms with Gasteiger partial charge in [-0.2, -0.15) is 0 Å². The van der Waals surface area contributed by atoms with E-state index in [1.165, 1.54) is 18.2 Å². The van der Waals surface area contributed by atoms with Crippen molar-refractivity contribution < 1.29 is 18.6 Å². The molecule has 2 N–H and O–H groups in total. The van der Waals surface area contributed by atoms with E-state index in [0.717, 1.165) is 6.26 Å². The van der Waals surface area contributed by atoms with Gasteiger partial charge in [-0.3, -0.25) is 0 Å². The molecule has 0 saturated heterocycles. The molecule has 2 atom stereocenters.